The summed E-state index contributed by atoms with van der Waals surface area (Å²) < 4.78 is 0. The van der Waals surface area contributed by atoms with Crippen LogP contribution in [0.5, 0.6) is 0 Å². The highest BCUT2D eigenvalue weighted by Crippen LogP contribution is 2.12. The Kier molecular flexibility index (Phi) is 9.58. The number of carbonyl (C=O) groups is 1. The Bertz CT molecular complexity index is 491. The number of nitrogens with zero attached hydrogens (tertiary/aromatic N) is 2. The van der Waals surface area contributed by atoms with Crippen LogP contribution in [0.1, 0.15) is 47.5 Å². The summed E-state index contributed by atoms with van der Waals surface area (Å²) in [5, 5.41) is 2.91. The molecule has 1 heterocycles. The molecule has 0 aromatic carbocycles. The molecule has 4 nitrogen and oxygen atoms in total. The van der Waals surface area contributed by atoms with Crippen molar-refractivity contribution < 1.29 is 4.79 Å². The molecule has 1 rings (SSSR count). The van der Waals surface area contributed by atoms with Gasteiger partial charge in [0.15, 0.2) is 0 Å². The van der Waals surface area contributed by atoms with Gasteiger partial charge in [-0.1, -0.05) is 32.6 Å². The number of rotatable bonds is 8. The normalized spacial score (nSPS) is 17.4. The standard InChI is InChI=1S/C21H37N3O/c1-17(2)11-12-22-21(25)19(5)9-7-10-20(6)24-14-8-13-23(15-16-24)18(3)4/h7,9-10,17-18H,5,8,11-16H2,1-4,6H3,(H,22,25)/b9-7-,20-10+. The lowest BCUT2D eigenvalue weighted by molar-refractivity contribution is -0.117. The zero-order chi connectivity index (χ0) is 18.8. The number of nitrogens with one attached hydrogen (secondary N) is 1. The van der Waals surface area contributed by atoms with E-state index in [4.69, 9.17) is 0 Å². The minimum Gasteiger partial charge on any atom is -0.374 e. The Labute approximate surface area is 154 Å². The van der Waals surface area contributed by atoms with Gasteiger partial charge < -0.3 is 10.2 Å². The van der Waals surface area contributed by atoms with Crippen LogP contribution in [0.4, 0.5) is 0 Å². The molecule has 1 N–H and O–H groups in total. The molecule has 4 heteroatoms. The highest BCUT2D eigenvalue weighted by Gasteiger charge is 2.16. The van der Waals surface area contributed by atoms with Crippen LogP contribution in [-0.2, 0) is 4.79 Å². The maximum Gasteiger partial charge on any atom is 0.250 e. The summed E-state index contributed by atoms with van der Waals surface area (Å²) in [6.07, 6.45) is 8.00. The monoisotopic (exact) mass is 347 g/mol. The van der Waals surface area contributed by atoms with Gasteiger partial charge in [-0.05, 0) is 45.6 Å². The summed E-state index contributed by atoms with van der Waals surface area (Å²) in [6, 6.07) is 0.613. The van der Waals surface area contributed by atoms with Crippen LogP contribution in [0.3, 0.4) is 0 Å². The van der Waals surface area contributed by atoms with Gasteiger partial charge >= 0.3 is 0 Å². The Morgan fingerprint density at radius 2 is 1.88 bits per heavy atom. The number of carbonyl (C=O) groups excluding carboxylic acids is 1. The van der Waals surface area contributed by atoms with Gasteiger partial charge in [0.1, 0.15) is 0 Å². The molecule has 1 fully saturated rings. The third-order valence-electron chi connectivity index (χ3n) is 4.69. The Hall–Kier alpha value is -1.55. The topological polar surface area (TPSA) is 35.6 Å². The Morgan fingerprint density at radius 1 is 1.16 bits per heavy atom. The second-order valence-electron chi connectivity index (χ2n) is 7.60. The Morgan fingerprint density at radius 3 is 2.52 bits per heavy atom. The van der Waals surface area contributed by atoms with E-state index < -0.39 is 0 Å². The summed E-state index contributed by atoms with van der Waals surface area (Å²) in [6.45, 7) is 20.0. The molecule has 1 aliphatic rings. The van der Waals surface area contributed by atoms with E-state index in [1.807, 2.05) is 6.08 Å². The van der Waals surface area contributed by atoms with Crippen molar-refractivity contribution in [3.63, 3.8) is 0 Å². The minimum absolute atomic E-state index is 0.0784. The molecule has 0 aliphatic carbocycles. The van der Waals surface area contributed by atoms with Crippen molar-refractivity contribution in [3.05, 3.63) is 36.1 Å². The van der Waals surface area contributed by atoms with Gasteiger partial charge in [0.05, 0.1) is 0 Å². The smallest absolute Gasteiger partial charge is 0.250 e. The van der Waals surface area contributed by atoms with Crippen LogP contribution in [-0.4, -0.2) is 54.5 Å². The quantitative estimate of drug-likeness (QED) is 0.538. The number of amides is 1. The zero-order valence-electron chi connectivity index (χ0n) is 16.8. The molecule has 0 radical (unpaired) electrons. The lowest BCUT2D eigenvalue weighted by atomic mass is 10.1. The van der Waals surface area contributed by atoms with E-state index in [-0.39, 0.29) is 5.91 Å². The van der Waals surface area contributed by atoms with E-state index in [1.54, 1.807) is 6.08 Å². The summed E-state index contributed by atoms with van der Waals surface area (Å²) in [4.78, 5) is 16.9. The third kappa shape index (κ3) is 8.39. The molecular weight excluding hydrogens is 310 g/mol. The van der Waals surface area contributed by atoms with Crippen LogP contribution < -0.4 is 5.32 Å². The molecule has 1 saturated heterocycles. The molecule has 0 atom stereocenters. The molecular formula is C21H37N3O. The minimum atomic E-state index is -0.0784. The van der Waals surface area contributed by atoms with Gasteiger partial charge in [-0.15, -0.1) is 0 Å². The van der Waals surface area contributed by atoms with E-state index in [1.165, 1.54) is 18.7 Å². The second-order valence-corrected chi connectivity index (χ2v) is 7.60. The SMILES string of the molecule is C=C(/C=C\C=C(/C)N1CCCN(C(C)C)CC1)C(=O)NCCC(C)C. The largest absolute Gasteiger partial charge is 0.374 e. The van der Waals surface area contributed by atoms with Crippen molar-refractivity contribution in [1.29, 1.82) is 0 Å². The first-order valence-electron chi connectivity index (χ1n) is 9.62. The maximum absolute atomic E-state index is 11.9. The maximum atomic E-state index is 11.9. The van der Waals surface area contributed by atoms with Crippen molar-refractivity contribution in [3.8, 4) is 0 Å². The average Bonchev–Trinajstić information content (AvgIpc) is 2.80. The lowest BCUT2D eigenvalue weighted by Crippen LogP contribution is -2.34. The fourth-order valence-corrected chi connectivity index (χ4v) is 2.88. The van der Waals surface area contributed by atoms with Gasteiger partial charge in [-0.3, -0.25) is 9.69 Å². The van der Waals surface area contributed by atoms with Gasteiger partial charge in [0.2, 0.25) is 0 Å². The molecule has 0 spiro atoms. The molecule has 25 heavy (non-hydrogen) atoms. The van der Waals surface area contributed by atoms with E-state index >= 15 is 0 Å². The van der Waals surface area contributed by atoms with Gasteiger partial charge in [-0.25, -0.2) is 0 Å². The van der Waals surface area contributed by atoms with Crippen LogP contribution >= 0.6 is 0 Å². The average molecular weight is 348 g/mol. The second kappa shape index (κ2) is 11.1. The predicted molar refractivity (Wildman–Crippen MR) is 107 cm³/mol. The van der Waals surface area contributed by atoms with Crippen LogP contribution in [0.15, 0.2) is 36.1 Å². The van der Waals surface area contributed by atoms with E-state index in [2.05, 4.69) is 62.4 Å². The zero-order valence-corrected chi connectivity index (χ0v) is 16.8. The fourth-order valence-electron chi connectivity index (χ4n) is 2.88. The van der Waals surface area contributed by atoms with E-state index in [0.717, 1.165) is 26.1 Å². The highest BCUT2D eigenvalue weighted by molar-refractivity contribution is 5.95. The Balaban J connectivity index is 2.46. The molecule has 0 aromatic heterocycles. The van der Waals surface area contributed by atoms with Gasteiger partial charge in [0.25, 0.3) is 5.91 Å². The van der Waals surface area contributed by atoms with Crippen LogP contribution in [0, 0.1) is 5.92 Å². The molecule has 0 saturated carbocycles. The van der Waals surface area contributed by atoms with Crippen LogP contribution in [0.2, 0.25) is 0 Å². The van der Waals surface area contributed by atoms with Gasteiger partial charge in [0, 0.05) is 50.0 Å². The molecule has 1 amide bonds. The highest BCUT2D eigenvalue weighted by atomic mass is 16.1. The number of hydrogen-bond acceptors (Lipinski definition) is 3. The van der Waals surface area contributed by atoms with Crippen molar-refractivity contribution in [2.75, 3.05) is 32.7 Å². The first-order chi connectivity index (χ1) is 11.8. The fraction of sp³-hybridized carbons (Fsp3) is 0.667. The first kappa shape index (κ1) is 21.5. The van der Waals surface area contributed by atoms with Crippen molar-refractivity contribution in [2.24, 2.45) is 5.92 Å². The predicted octanol–water partition coefficient (Wildman–Crippen LogP) is 3.58. The molecule has 0 aromatic rings. The van der Waals surface area contributed by atoms with E-state index in [9.17, 15) is 4.79 Å². The molecule has 1 aliphatic heterocycles. The lowest BCUT2D eigenvalue weighted by Gasteiger charge is -2.26. The molecule has 0 bridgehead atoms. The summed E-state index contributed by atoms with van der Waals surface area (Å²) in [5.41, 5.74) is 1.75. The summed E-state index contributed by atoms with van der Waals surface area (Å²) in [5.74, 6) is 0.514. The van der Waals surface area contributed by atoms with Crippen molar-refractivity contribution in [2.45, 2.75) is 53.5 Å². The third-order valence-corrected chi connectivity index (χ3v) is 4.69. The van der Waals surface area contributed by atoms with Gasteiger partial charge in [-0.2, -0.15) is 0 Å². The number of hydrogen-bond donors (Lipinski definition) is 1. The first-order valence-corrected chi connectivity index (χ1v) is 9.62. The van der Waals surface area contributed by atoms with Crippen molar-refractivity contribution in [1.82, 2.24) is 15.1 Å². The van der Waals surface area contributed by atoms with Crippen molar-refractivity contribution >= 4 is 5.91 Å². The number of allylic oxidation sites excluding steroid dienone is 3. The molecule has 142 valence electrons. The molecule has 0 unspecified atom stereocenters. The van der Waals surface area contributed by atoms with E-state index in [0.29, 0.717) is 24.1 Å². The summed E-state index contributed by atoms with van der Waals surface area (Å²) >= 11 is 0. The summed E-state index contributed by atoms with van der Waals surface area (Å²) in [7, 11) is 0. The van der Waals surface area contributed by atoms with Crippen LogP contribution in [0.25, 0.3) is 0 Å².